The van der Waals surface area contributed by atoms with Gasteiger partial charge in [0.2, 0.25) is 0 Å². The predicted octanol–water partition coefficient (Wildman–Crippen LogP) is 5.23. The first kappa shape index (κ1) is 23.7. The zero-order chi connectivity index (χ0) is 18.8. The number of Topliss-reactive ketones (excluding diaryl/α,β-unsaturated/α-hetero) is 1. The van der Waals surface area contributed by atoms with Gasteiger partial charge in [-0.15, -0.1) is 24.8 Å². The molecule has 0 saturated carbocycles. The third-order valence-electron chi connectivity index (χ3n) is 5.98. The minimum Gasteiger partial charge on any atom is -0.378 e. The normalized spacial score (nSPS) is 20.4. The Morgan fingerprint density at radius 1 is 1.21 bits per heavy atom. The van der Waals surface area contributed by atoms with Crippen molar-refractivity contribution < 1.29 is 9.18 Å². The van der Waals surface area contributed by atoms with E-state index in [1.807, 2.05) is 0 Å². The molecule has 1 aromatic carbocycles. The maximum atomic E-state index is 13.0. The van der Waals surface area contributed by atoms with Gasteiger partial charge in [0.15, 0.2) is 5.78 Å². The van der Waals surface area contributed by atoms with Crippen LogP contribution in [0.5, 0.6) is 0 Å². The summed E-state index contributed by atoms with van der Waals surface area (Å²) in [6.45, 7) is 5.24. The number of carbonyl (C=O) groups is 1. The molecule has 1 fully saturated rings. The van der Waals surface area contributed by atoms with Crippen molar-refractivity contribution in [2.75, 3.05) is 19.6 Å². The number of likely N-dealkylation sites (tertiary alicyclic amines) is 1. The number of fused-ring (bicyclic) bond motifs is 2. The number of piperidine rings is 1. The van der Waals surface area contributed by atoms with Gasteiger partial charge in [0.1, 0.15) is 5.82 Å². The molecule has 2 aliphatic heterocycles. The van der Waals surface area contributed by atoms with Crippen molar-refractivity contribution >= 4 is 30.6 Å². The number of halogens is 3. The number of nitrogens with one attached hydrogen (secondary N) is 1. The summed E-state index contributed by atoms with van der Waals surface area (Å²) in [4.78, 5) is 14.7. The standard InChI is InChI=1S/C23H27FN2O.2ClH/c1-2-16-5-10-21-19(14-16)20-15-26(13-11-22(20)25-21)12-3-4-23(27)17-6-8-18(24)9-7-17;;/h5-10,22,25H,2-4,11-15H2,1H3;2*1H. The van der Waals surface area contributed by atoms with E-state index in [0.29, 0.717) is 18.0 Å². The molecule has 1 saturated heterocycles. The Bertz CT molecular complexity index is 830. The predicted molar refractivity (Wildman–Crippen MR) is 121 cm³/mol. The molecule has 1 unspecified atom stereocenters. The molecule has 0 spiro atoms. The molecular weight excluding hydrogens is 410 g/mol. The van der Waals surface area contributed by atoms with Crippen molar-refractivity contribution in [3.63, 3.8) is 0 Å². The van der Waals surface area contributed by atoms with E-state index >= 15 is 0 Å². The van der Waals surface area contributed by atoms with E-state index in [1.165, 1.54) is 29.0 Å². The fourth-order valence-corrected chi connectivity index (χ4v) is 4.35. The van der Waals surface area contributed by atoms with Gasteiger partial charge >= 0.3 is 0 Å². The van der Waals surface area contributed by atoms with E-state index in [2.05, 4.69) is 29.3 Å². The summed E-state index contributed by atoms with van der Waals surface area (Å²) >= 11 is 0. The van der Waals surface area contributed by atoms with E-state index in [0.717, 1.165) is 45.3 Å². The van der Waals surface area contributed by atoms with Crippen molar-refractivity contribution in [1.29, 1.82) is 0 Å². The van der Waals surface area contributed by atoms with E-state index in [4.69, 9.17) is 0 Å². The highest BCUT2D eigenvalue weighted by molar-refractivity contribution is 5.95. The van der Waals surface area contributed by atoms with Crippen molar-refractivity contribution in [3.05, 3.63) is 70.2 Å². The maximum Gasteiger partial charge on any atom is 0.162 e. The number of benzene rings is 1. The Morgan fingerprint density at radius 3 is 2.69 bits per heavy atom. The molecule has 158 valence electrons. The minimum absolute atomic E-state index is 0. The Balaban J connectivity index is 0.00000150. The second kappa shape index (κ2) is 10.4. The van der Waals surface area contributed by atoms with Crippen LogP contribution in [0.3, 0.4) is 0 Å². The van der Waals surface area contributed by atoms with E-state index in [9.17, 15) is 9.18 Å². The van der Waals surface area contributed by atoms with Crippen molar-refractivity contribution in [2.45, 2.75) is 45.1 Å². The van der Waals surface area contributed by atoms with Gasteiger partial charge in [-0.3, -0.25) is 9.69 Å². The van der Waals surface area contributed by atoms with Gasteiger partial charge in [-0.05, 0) is 73.7 Å². The Kier molecular flexibility index (Phi) is 8.50. The van der Waals surface area contributed by atoms with E-state index < -0.39 is 0 Å². The van der Waals surface area contributed by atoms with Crippen LogP contribution in [0.15, 0.2) is 58.8 Å². The SMILES string of the molecule is CCC1=CC=C2NC3CCN(CCCC(=O)c4ccc(F)cc4)CC3=C2C1.Cl.Cl. The summed E-state index contributed by atoms with van der Waals surface area (Å²) in [6.07, 6.45) is 9.20. The first-order valence-electron chi connectivity index (χ1n) is 10.0. The summed E-state index contributed by atoms with van der Waals surface area (Å²) < 4.78 is 13.0. The van der Waals surface area contributed by atoms with Crippen LogP contribution in [-0.4, -0.2) is 36.4 Å². The fourth-order valence-electron chi connectivity index (χ4n) is 4.35. The molecule has 3 nitrogen and oxygen atoms in total. The average Bonchev–Trinajstić information content (AvgIpc) is 3.05. The molecular formula is C23H29Cl2FN2O. The molecule has 0 radical (unpaired) electrons. The average molecular weight is 439 g/mol. The summed E-state index contributed by atoms with van der Waals surface area (Å²) in [7, 11) is 0. The van der Waals surface area contributed by atoms with Crippen LogP contribution in [0.2, 0.25) is 0 Å². The Labute approximate surface area is 184 Å². The molecule has 2 heterocycles. The van der Waals surface area contributed by atoms with Crippen LogP contribution in [0.1, 0.15) is 49.4 Å². The molecule has 29 heavy (non-hydrogen) atoms. The van der Waals surface area contributed by atoms with Crippen LogP contribution in [0.4, 0.5) is 4.39 Å². The summed E-state index contributed by atoms with van der Waals surface area (Å²) in [5.74, 6) is -0.198. The highest BCUT2D eigenvalue weighted by Crippen LogP contribution is 2.37. The van der Waals surface area contributed by atoms with Gasteiger partial charge in [-0.1, -0.05) is 18.6 Å². The van der Waals surface area contributed by atoms with Gasteiger partial charge in [0.05, 0.1) is 6.04 Å². The van der Waals surface area contributed by atoms with Crippen LogP contribution in [0, 0.1) is 5.82 Å². The highest BCUT2D eigenvalue weighted by atomic mass is 35.5. The first-order valence-corrected chi connectivity index (χ1v) is 10.0. The van der Waals surface area contributed by atoms with Gasteiger partial charge in [-0.2, -0.15) is 0 Å². The van der Waals surface area contributed by atoms with E-state index in [-0.39, 0.29) is 36.4 Å². The molecule has 0 aromatic heterocycles. The van der Waals surface area contributed by atoms with Crippen molar-refractivity contribution in [3.8, 4) is 0 Å². The number of nitrogens with zero attached hydrogens (tertiary/aromatic N) is 1. The van der Waals surface area contributed by atoms with Gasteiger partial charge in [0, 0.05) is 30.8 Å². The third-order valence-corrected chi connectivity index (χ3v) is 5.98. The number of hydrogen-bond donors (Lipinski definition) is 1. The lowest BCUT2D eigenvalue weighted by Crippen LogP contribution is -2.41. The highest BCUT2D eigenvalue weighted by Gasteiger charge is 2.33. The van der Waals surface area contributed by atoms with E-state index in [1.54, 1.807) is 17.7 Å². The molecule has 6 heteroatoms. The summed E-state index contributed by atoms with van der Waals surface area (Å²) in [5, 5.41) is 3.69. The molecule has 1 aliphatic carbocycles. The smallest absolute Gasteiger partial charge is 0.162 e. The third kappa shape index (κ3) is 5.30. The van der Waals surface area contributed by atoms with Gasteiger partial charge < -0.3 is 5.32 Å². The topological polar surface area (TPSA) is 32.3 Å². The van der Waals surface area contributed by atoms with Crippen LogP contribution >= 0.6 is 24.8 Å². The number of hydrogen-bond acceptors (Lipinski definition) is 3. The lowest BCUT2D eigenvalue weighted by Gasteiger charge is -2.32. The zero-order valence-electron chi connectivity index (χ0n) is 16.7. The lowest BCUT2D eigenvalue weighted by molar-refractivity contribution is 0.0974. The number of carbonyl (C=O) groups excluding carboxylic acids is 1. The molecule has 4 rings (SSSR count). The first-order chi connectivity index (χ1) is 13.1. The van der Waals surface area contributed by atoms with Crippen molar-refractivity contribution in [2.24, 2.45) is 0 Å². The summed E-state index contributed by atoms with van der Waals surface area (Å²) in [6, 6.07) is 6.36. The molecule has 1 N–H and O–H groups in total. The monoisotopic (exact) mass is 438 g/mol. The Hall–Kier alpha value is -1.62. The van der Waals surface area contributed by atoms with Crippen LogP contribution in [-0.2, 0) is 0 Å². The molecule has 0 amide bonds. The number of allylic oxidation sites excluding steroid dienone is 4. The van der Waals surface area contributed by atoms with Crippen LogP contribution in [0.25, 0.3) is 0 Å². The molecule has 0 bridgehead atoms. The second-order valence-corrected chi connectivity index (χ2v) is 7.73. The number of rotatable bonds is 6. The lowest BCUT2D eigenvalue weighted by atomic mass is 9.90. The largest absolute Gasteiger partial charge is 0.378 e. The molecule has 3 aliphatic rings. The fraction of sp³-hybridized carbons (Fsp3) is 0.435. The quantitative estimate of drug-likeness (QED) is 0.616. The molecule has 1 aromatic rings. The van der Waals surface area contributed by atoms with Gasteiger partial charge in [-0.25, -0.2) is 4.39 Å². The summed E-state index contributed by atoms with van der Waals surface area (Å²) in [5.41, 5.74) is 6.49. The van der Waals surface area contributed by atoms with Gasteiger partial charge in [0.25, 0.3) is 0 Å². The maximum absolute atomic E-state index is 13.0. The van der Waals surface area contributed by atoms with Crippen LogP contribution < -0.4 is 5.32 Å². The minimum atomic E-state index is -0.300. The zero-order valence-corrected chi connectivity index (χ0v) is 18.4. The number of ketones is 1. The Morgan fingerprint density at radius 2 is 1.97 bits per heavy atom. The molecule has 1 atom stereocenters. The van der Waals surface area contributed by atoms with Crippen molar-refractivity contribution in [1.82, 2.24) is 10.2 Å². The second-order valence-electron chi connectivity index (χ2n) is 7.73.